The number of allylic oxidation sites excluding steroid dienone is 2. The fraction of sp³-hybridized carbons (Fsp3) is 0.600. The molecule has 5 nitrogen and oxygen atoms in total. The number of carbonyl (C=O) groups is 4. The van der Waals surface area contributed by atoms with Gasteiger partial charge in [0, 0.05) is 42.2 Å². The van der Waals surface area contributed by atoms with E-state index in [2.05, 4.69) is 5.32 Å². The molecule has 0 bridgehead atoms. The fourth-order valence-electron chi connectivity index (χ4n) is 2.80. The van der Waals surface area contributed by atoms with E-state index >= 15 is 0 Å². The summed E-state index contributed by atoms with van der Waals surface area (Å²) >= 11 is 6.16. The first-order valence-electron chi connectivity index (χ1n) is 6.94. The smallest absolute Gasteiger partial charge is 0.227 e. The monoisotopic (exact) mass is 311 g/mol. The molecule has 0 aromatic carbocycles. The Hall–Kier alpha value is -1.49. The predicted octanol–water partition coefficient (Wildman–Crippen LogP) is 1.88. The molecule has 114 valence electrons. The zero-order valence-corrected chi connectivity index (χ0v) is 12.9. The van der Waals surface area contributed by atoms with Crippen LogP contribution in [0.5, 0.6) is 0 Å². The molecule has 0 unspecified atom stereocenters. The van der Waals surface area contributed by atoms with Crippen molar-refractivity contribution >= 4 is 35.0 Å². The van der Waals surface area contributed by atoms with E-state index in [-0.39, 0.29) is 36.2 Å². The number of hydrogen-bond acceptors (Lipinski definition) is 4. The molecule has 2 rings (SSSR count). The molecule has 0 radical (unpaired) electrons. The van der Waals surface area contributed by atoms with Crippen molar-refractivity contribution in [3.8, 4) is 0 Å². The van der Waals surface area contributed by atoms with Crippen LogP contribution in [0, 0.1) is 11.3 Å². The Kier molecular flexibility index (Phi) is 4.33. The van der Waals surface area contributed by atoms with Crippen LogP contribution in [0.4, 0.5) is 0 Å². The summed E-state index contributed by atoms with van der Waals surface area (Å²) in [5.74, 6) is -1.91. The number of hydrogen-bond donors (Lipinski definition) is 1. The largest absolute Gasteiger partial charge is 0.299 e. The van der Waals surface area contributed by atoms with Gasteiger partial charge in [0.1, 0.15) is 5.78 Å². The standard InChI is InChI=1S/C15H18ClNO4/c1-15(2)6-10(16)9(12(19)7-15)5-11(18)8-3-13(20)17-14(21)4-8/h8H,3-7H2,1-2H3,(H,17,20,21). The molecule has 0 aromatic heterocycles. The first-order valence-corrected chi connectivity index (χ1v) is 7.32. The lowest BCUT2D eigenvalue weighted by atomic mass is 9.75. The van der Waals surface area contributed by atoms with Crippen molar-refractivity contribution in [3.05, 3.63) is 10.6 Å². The lowest BCUT2D eigenvalue weighted by Crippen LogP contribution is -2.41. The Morgan fingerprint density at radius 1 is 1.19 bits per heavy atom. The number of piperidine rings is 1. The maximum Gasteiger partial charge on any atom is 0.227 e. The molecule has 2 aliphatic rings. The number of ketones is 2. The minimum atomic E-state index is -0.647. The van der Waals surface area contributed by atoms with Crippen molar-refractivity contribution in [1.29, 1.82) is 0 Å². The van der Waals surface area contributed by atoms with E-state index in [0.717, 1.165) is 0 Å². The second-order valence-corrected chi connectivity index (χ2v) is 7.00. The van der Waals surface area contributed by atoms with Crippen molar-refractivity contribution in [3.63, 3.8) is 0 Å². The first-order chi connectivity index (χ1) is 9.68. The highest BCUT2D eigenvalue weighted by Crippen LogP contribution is 2.39. The minimum Gasteiger partial charge on any atom is -0.299 e. The van der Waals surface area contributed by atoms with Crippen LogP contribution in [-0.4, -0.2) is 23.4 Å². The topological polar surface area (TPSA) is 80.3 Å². The Morgan fingerprint density at radius 2 is 1.76 bits per heavy atom. The maximum atomic E-state index is 12.2. The fourth-order valence-corrected chi connectivity index (χ4v) is 3.33. The number of Topliss-reactive ketones (excluding diaryl/α,β-unsaturated/α-hetero) is 2. The molecule has 1 heterocycles. The second-order valence-electron chi connectivity index (χ2n) is 6.54. The van der Waals surface area contributed by atoms with Crippen LogP contribution < -0.4 is 5.32 Å². The van der Waals surface area contributed by atoms with E-state index in [1.54, 1.807) is 0 Å². The molecular weight excluding hydrogens is 294 g/mol. The molecule has 1 fully saturated rings. The van der Waals surface area contributed by atoms with E-state index in [9.17, 15) is 19.2 Å². The van der Waals surface area contributed by atoms with Crippen molar-refractivity contribution in [2.24, 2.45) is 11.3 Å². The van der Waals surface area contributed by atoms with Crippen LogP contribution in [0.2, 0.25) is 0 Å². The van der Waals surface area contributed by atoms with E-state index in [1.807, 2.05) is 13.8 Å². The molecule has 2 amide bonds. The molecule has 0 aromatic rings. The van der Waals surface area contributed by atoms with Crippen molar-refractivity contribution in [1.82, 2.24) is 5.32 Å². The van der Waals surface area contributed by atoms with Crippen LogP contribution in [0.1, 0.15) is 46.0 Å². The van der Waals surface area contributed by atoms with Crippen LogP contribution in [0.3, 0.4) is 0 Å². The Labute approximate surface area is 128 Å². The average molecular weight is 312 g/mol. The number of carbonyl (C=O) groups excluding carboxylic acids is 4. The lowest BCUT2D eigenvalue weighted by Gasteiger charge is -2.30. The van der Waals surface area contributed by atoms with Crippen molar-refractivity contribution in [2.45, 2.75) is 46.0 Å². The number of amides is 2. The number of halogens is 1. The molecule has 1 aliphatic carbocycles. The molecule has 21 heavy (non-hydrogen) atoms. The molecule has 0 spiro atoms. The molecule has 1 saturated heterocycles. The molecule has 0 atom stereocenters. The maximum absolute atomic E-state index is 12.2. The van der Waals surface area contributed by atoms with Gasteiger partial charge in [0.25, 0.3) is 0 Å². The van der Waals surface area contributed by atoms with Crippen LogP contribution in [0.25, 0.3) is 0 Å². The summed E-state index contributed by atoms with van der Waals surface area (Å²) in [5.41, 5.74) is 0.154. The SMILES string of the molecule is CC1(C)CC(=O)C(CC(=O)C2CC(=O)NC(=O)C2)=C(Cl)C1. The highest BCUT2D eigenvalue weighted by atomic mass is 35.5. The summed E-state index contributed by atoms with van der Waals surface area (Å²) in [6.07, 6.45) is 0.826. The van der Waals surface area contributed by atoms with Gasteiger partial charge in [0.05, 0.1) is 0 Å². The summed E-state index contributed by atoms with van der Waals surface area (Å²) in [4.78, 5) is 47.0. The normalized spacial score (nSPS) is 23.3. The molecule has 6 heteroatoms. The van der Waals surface area contributed by atoms with Crippen molar-refractivity contribution in [2.75, 3.05) is 0 Å². The number of imide groups is 1. The number of rotatable bonds is 3. The van der Waals surface area contributed by atoms with Gasteiger partial charge in [-0.15, -0.1) is 0 Å². The molecule has 1 aliphatic heterocycles. The summed E-state index contributed by atoms with van der Waals surface area (Å²) in [6.45, 7) is 3.91. The summed E-state index contributed by atoms with van der Waals surface area (Å²) in [5, 5.41) is 2.59. The van der Waals surface area contributed by atoms with Gasteiger partial charge in [-0.25, -0.2) is 0 Å². The van der Waals surface area contributed by atoms with E-state index in [4.69, 9.17) is 11.6 Å². The van der Waals surface area contributed by atoms with Gasteiger partial charge in [-0.05, 0) is 11.8 Å². The van der Waals surface area contributed by atoms with Crippen LogP contribution >= 0.6 is 11.6 Å². The van der Waals surface area contributed by atoms with Crippen LogP contribution in [-0.2, 0) is 19.2 Å². The van der Waals surface area contributed by atoms with Gasteiger partial charge in [-0.1, -0.05) is 25.4 Å². The average Bonchev–Trinajstić information content (AvgIpc) is 2.31. The number of nitrogens with one attached hydrogen (secondary N) is 1. The van der Waals surface area contributed by atoms with Gasteiger partial charge in [-0.3, -0.25) is 24.5 Å². The van der Waals surface area contributed by atoms with Gasteiger partial charge < -0.3 is 0 Å². The third kappa shape index (κ3) is 3.79. The Bertz CT molecular complexity index is 546. The quantitative estimate of drug-likeness (QED) is 0.807. The van der Waals surface area contributed by atoms with E-state index < -0.39 is 17.7 Å². The van der Waals surface area contributed by atoms with E-state index in [0.29, 0.717) is 23.4 Å². The molecule has 0 saturated carbocycles. The predicted molar refractivity (Wildman–Crippen MR) is 76.4 cm³/mol. The first kappa shape index (κ1) is 15.9. The zero-order valence-electron chi connectivity index (χ0n) is 12.1. The van der Waals surface area contributed by atoms with Gasteiger partial charge in [0.15, 0.2) is 5.78 Å². The van der Waals surface area contributed by atoms with E-state index in [1.165, 1.54) is 0 Å². The van der Waals surface area contributed by atoms with Crippen molar-refractivity contribution < 1.29 is 19.2 Å². The highest BCUT2D eigenvalue weighted by Gasteiger charge is 2.35. The van der Waals surface area contributed by atoms with Gasteiger partial charge in [0.2, 0.25) is 11.8 Å². The summed E-state index contributed by atoms with van der Waals surface area (Å²) in [7, 11) is 0. The van der Waals surface area contributed by atoms with Gasteiger partial charge in [-0.2, -0.15) is 0 Å². The Balaban J connectivity index is 2.10. The molecule has 1 N–H and O–H groups in total. The Morgan fingerprint density at radius 3 is 2.29 bits per heavy atom. The lowest BCUT2D eigenvalue weighted by molar-refractivity contribution is -0.139. The minimum absolute atomic E-state index is 0.00481. The summed E-state index contributed by atoms with van der Waals surface area (Å²) < 4.78 is 0. The van der Waals surface area contributed by atoms with Crippen LogP contribution in [0.15, 0.2) is 10.6 Å². The third-order valence-electron chi connectivity index (χ3n) is 3.89. The second kappa shape index (κ2) is 5.72. The van der Waals surface area contributed by atoms with Gasteiger partial charge >= 0.3 is 0 Å². The summed E-state index contributed by atoms with van der Waals surface area (Å²) in [6, 6.07) is 0. The molecular formula is C15H18ClNO4. The third-order valence-corrected chi connectivity index (χ3v) is 4.25. The zero-order chi connectivity index (χ0) is 15.8. The highest BCUT2D eigenvalue weighted by molar-refractivity contribution is 6.32.